The van der Waals surface area contributed by atoms with Gasteiger partial charge in [0.2, 0.25) is 0 Å². The summed E-state index contributed by atoms with van der Waals surface area (Å²) in [6.45, 7) is 9.20. The molecule has 176 valence electrons. The van der Waals surface area contributed by atoms with Crippen molar-refractivity contribution < 1.29 is 14.3 Å². The molecule has 0 unspecified atom stereocenters. The van der Waals surface area contributed by atoms with E-state index in [1.165, 1.54) is 11.1 Å². The number of ether oxygens (including phenoxy) is 2. The SMILES string of the molecule is COc1cc(-c2cnc3c(c2)c(C)cn3SI)ccc1C1CCN(C(=O)OC(C)(C)C)CC1. The maximum absolute atomic E-state index is 12.4. The molecule has 1 aliphatic heterocycles. The lowest BCUT2D eigenvalue weighted by molar-refractivity contribution is 0.0204. The van der Waals surface area contributed by atoms with Gasteiger partial charge >= 0.3 is 6.09 Å². The molecule has 3 aromatic rings. The van der Waals surface area contributed by atoms with Gasteiger partial charge in [-0.2, -0.15) is 0 Å². The second-order valence-corrected chi connectivity index (χ2v) is 11.2. The maximum atomic E-state index is 12.4. The molecule has 0 saturated carbocycles. The Hall–Kier alpha value is -1.94. The van der Waals surface area contributed by atoms with Crippen LogP contribution in [0.5, 0.6) is 5.75 Å². The van der Waals surface area contributed by atoms with E-state index in [-0.39, 0.29) is 6.09 Å². The molecular formula is C25H30IN3O3S. The zero-order chi connectivity index (χ0) is 23.8. The van der Waals surface area contributed by atoms with Crippen LogP contribution < -0.4 is 4.74 Å². The highest BCUT2D eigenvalue weighted by molar-refractivity contribution is 14.2. The highest BCUT2D eigenvalue weighted by Gasteiger charge is 2.28. The fraction of sp³-hybridized carbons (Fsp3) is 0.440. The van der Waals surface area contributed by atoms with Gasteiger partial charge < -0.3 is 14.4 Å². The number of aromatic nitrogens is 2. The Bertz CT molecular complexity index is 1160. The van der Waals surface area contributed by atoms with Gasteiger partial charge in [-0.1, -0.05) is 12.1 Å². The third-order valence-electron chi connectivity index (χ3n) is 6.04. The number of methoxy groups -OCH3 is 1. The lowest BCUT2D eigenvalue weighted by atomic mass is 9.88. The average Bonchev–Trinajstić information content (AvgIpc) is 3.12. The third-order valence-corrected chi connectivity index (χ3v) is 7.74. The second kappa shape index (κ2) is 9.74. The number of hydrogen-bond donors (Lipinski definition) is 0. The van der Waals surface area contributed by atoms with E-state index >= 15 is 0 Å². The number of benzene rings is 1. The molecular weight excluding hydrogens is 549 g/mol. The number of carbonyl (C=O) groups is 1. The van der Waals surface area contributed by atoms with Crippen molar-refractivity contribution in [2.45, 2.75) is 52.1 Å². The van der Waals surface area contributed by atoms with E-state index < -0.39 is 5.60 Å². The van der Waals surface area contributed by atoms with Crippen LogP contribution in [0.4, 0.5) is 4.79 Å². The highest BCUT2D eigenvalue weighted by atomic mass is 127. The summed E-state index contributed by atoms with van der Waals surface area (Å²) in [4.78, 5) is 18.9. The van der Waals surface area contributed by atoms with Gasteiger partial charge in [0, 0.05) is 66.8 Å². The molecule has 8 heteroatoms. The first-order chi connectivity index (χ1) is 15.7. The normalized spacial score (nSPS) is 15.2. The molecule has 33 heavy (non-hydrogen) atoms. The molecule has 4 rings (SSSR count). The van der Waals surface area contributed by atoms with Crippen molar-refractivity contribution in [3.8, 4) is 16.9 Å². The fourth-order valence-electron chi connectivity index (χ4n) is 4.37. The standard InChI is InChI=1S/C25H30IN3O3S/c1-16-15-29(33-26)23-21(16)12-19(14-27-23)18-6-7-20(22(13-18)31-5)17-8-10-28(11-9-17)24(30)32-25(2,3)4/h6-7,12-15,17H,8-11H2,1-5H3. The molecule has 1 saturated heterocycles. The van der Waals surface area contributed by atoms with Gasteiger partial charge in [-0.15, -0.1) is 0 Å². The van der Waals surface area contributed by atoms with Gasteiger partial charge in [-0.3, -0.25) is 3.97 Å². The van der Waals surface area contributed by atoms with Gasteiger partial charge in [0.1, 0.15) is 11.4 Å². The fourth-order valence-corrected chi connectivity index (χ4v) is 5.68. The number of pyridine rings is 1. The van der Waals surface area contributed by atoms with E-state index in [0.717, 1.165) is 40.8 Å². The van der Waals surface area contributed by atoms with Crippen LogP contribution in [0.1, 0.15) is 50.7 Å². The molecule has 0 atom stereocenters. The molecule has 0 N–H and O–H groups in total. The Morgan fingerprint density at radius 1 is 1.18 bits per heavy atom. The summed E-state index contributed by atoms with van der Waals surface area (Å²) in [6, 6.07) is 8.64. The van der Waals surface area contributed by atoms with E-state index in [4.69, 9.17) is 14.5 Å². The highest BCUT2D eigenvalue weighted by Crippen LogP contribution is 2.38. The Morgan fingerprint density at radius 2 is 1.91 bits per heavy atom. The van der Waals surface area contributed by atoms with E-state index in [2.05, 4.69) is 62.6 Å². The maximum Gasteiger partial charge on any atom is 0.410 e. The lowest BCUT2D eigenvalue weighted by Crippen LogP contribution is -2.41. The third kappa shape index (κ3) is 5.26. The van der Waals surface area contributed by atoms with Crippen molar-refractivity contribution in [1.82, 2.24) is 13.9 Å². The Kier molecular flexibility index (Phi) is 7.14. The molecule has 0 bridgehead atoms. The van der Waals surface area contributed by atoms with Crippen LogP contribution in [0.15, 0.2) is 36.7 Å². The molecule has 1 fully saturated rings. The summed E-state index contributed by atoms with van der Waals surface area (Å²) in [5.41, 5.74) is 5.08. The van der Waals surface area contributed by atoms with Crippen LogP contribution in [-0.2, 0) is 4.74 Å². The Labute approximate surface area is 211 Å². The first-order valence-corrected chi connectivity index (χ1v) is 14.4. The minimum absolute atomic E-state index is 0.226. The number of hydrogen-bond acceptors (Lipinski definition) is 5. The van der Waals surface area contributed by atoms with Crippen LogP contribution in [-0.4, -0.2) is 45.7 Å². The van der Waals surface area contributed by atoms with E-state index in [0.29, 0.717) is 19.0 Å². The van der Waals surface area contributed by atoms with Crippen LogP contribution in [0.2, 0.25) is 0 Å². The molecule has 0 spiro atoms. The topological polar surface area (TPSA) is 56.6 Å². The van der Waals surface area contributed by atoms with Crippen molar-refractivity contribution in [3.05, 3.63) is 47.8 Å². The monoisotopic (exact) mass is 579 g/mol. The Morgan fingerprint density at radius 3 is 2.55 bits per heavy atom. The predicted octanol–water partition coefficient (Wildman–Crippen LogP) is 6.98. The molecule has 3 heterocycles. The minimum Gasteiger partial charge on any atom is -0.496 e. The summed E-state index contributed by atoms with van der Waals surface area (Å²) in [7, 11) is 3.34. The largest absolute Gasteiger partial charge is 0.496 e. The van der Waals surface area contributed by atoms with Gasteiger partial charge in [0.05, 0.1) is 7.11 Å². The number of piperidine rings is 1. The molecule has 2 aromatic heterocycles. The number of carbonyl (C=O) groups excluding carboxylic acids is 1. The predicted molar refractivity (Wildman–Crippen MR) is 143 cm³/mol. The number of nitrogens with zero attached hydrogens (tertiary/aromatic N) is 3. The van der Waals surface area contributed by atoms with Gasteiger partial charge in [0.15, 0.2) is 5.65 Å². The van der Waals surface area contributed by atoms with Crippen molar-refractivity contribution in [3.63, 3.8) is 0 Å². The summed E-state index contributed by atoms with van der Waals surface area (Å²) in [6.07, 6.45) is 5.60. The van der Waals surface area contributed by atoms with Crippen molar-refractivity contribution in [2.75, 3.05) is 20.2 Å². The van der Waals surface area contributed by atoms with Crippen molar-refractivity contribution in [2.24, 2.45) is 0 Å². The van der Waals surface area contributed by atoms with Gasteiger partial charge in [-0.25, -0.2) is 9.78 Å². The smallest absolute Gasteiger partial charge is 0.410 e. The molecule has 0 radical (unpaired) electrons. The number of amides is 1. The average molecular weight is 580 g/mol. The van der Waals surface area contributed by atoms with Crippen LogP contribution in [0.3, 0.4) is 0 Å². The number of fused-ring (bicyclic) bond motifs is 1. The van der Waals surface area contributed by atoms with E-state index in [9.17, 15) is 4.79 Å². The first-order valence-electron chi connectivity index (χ1n) is 11.1. The first kappa shape index (κ1) is 24.2. The zero-order valence-corrected chi connectivity index (χ0v) is 22.7. The number of rotatable bonds is 4. The molecule has 0 aliphatic carbocycles. The van der Waals surface area contributed by atoms with E-state index in [1.54, 1.807) is 16.2 Å². The quantitative estimate of drug-likeness (QED) is 0.312. The van der Waals surface area contributed by atoms with Crippen LogP contribution in [0, 0.1) is 6.92 Å². The molecule has 6 nitrogen and oxygen atoms in total. The number of aryl methyl sites for hydroxylation is 1. The summed E-state index contributed by atoms with van der Waals surface area (Å²) in [5, 5.41) is 1.16. The number of halogens is 1. The number of likely N-dealkylation sites (tertiary alicyclic amines) is 1. The summed E-state index contributed by atoms with van der Waals surface area (Å²) < 4.78 is 13.4. The van der Waals surface area contributed by atoms with Crippen molar-refractivity contribution >= 4 is 47.5 Å². The molecule has 1 aromatic carbocycles. The second-order valence-electron chi connectivity index (χ2n) is 9.50. The minimum atomic E-state index is -0.471. The lowest BCUT2D eigenvalue weighted by Gasteiger charge is -2.34. The van der Waals surface area contributed by atoms with Crippen molar-refractivity contribution in [1.29, 1.82) is 0 Å². The zero-order valence-electron chi connectivity index (χ0n) is 19.7. The molecule has 1 aliphatic rings. The van der Waals surface area contributed by atoms with Crippen LogP contribution in [0.25, 0.3) is 22.2 Å². The summed E-state index contributed by atoms with van der Waals surface area (Å²) >= 11 is 2.27. The Balaban J connectivity index is 1.53. The summed E-state index contributed by atoms with van der Waals surface area (Å²) in [5.74, 6) is 1.24. The molecule has 1 amide bonds. The van der Waals surface area contributed by atoms with Gasteiger partial charge in [0.25, 0.3) is 0 Å². The van der Waals surface area contributed by atoms with E-state index in [1.807, 2.05) is 31.9 Å². The van der Waals surface area contributed by atoms with Gasteiger partial charge in [-0.05, 0) is 75.3 Å². The van der Waals surface area contributed by atoms with Crippen LogP contribution >= 0.6 is 30.3 Å².